The normalized spacial score (nSPS) is 16.7. The zero-order valence-electron chi connectivity index (χ0n) is 13.8. The second-order valence-corrected chi connectivity index (χ2v) is 5.92. The van der Waals surface area contributed by atoms with E-state index in [9.17, 15) is 9.59 Å². The highest BCUT2D eigenvalue weighted by atomic mass is 16.5. The van der Waals surface area contributed by atoms with Crippen LogP contribution in [0, 0.1) is 5.92 Å². The van der Waals surface area contributed by atoms with E-state index in [1.807, 2.05) is 30.3 Å². The molecule has 1 unspecified atom stereocenters. The second-order valence-electron chi connectivity index (χ2n) is 5.92. The Hall–Kier alpha value is -2.51. The number of aromatic nitrogens is 1. The zero-order valence-corrected chi connectivity index (χ0v) is 13.8. The van der Waals surface area contributed by atoms with E-state index in [-0.39, 0.29) is 29.8 Å². The van der Waals surface area contributed by atoms with Gasteiger partial charge in [-0.25, -0.2) is 0 Å². The Bertz CT molecular complexity index is 707. The highest BCUT2D eigenvalue weighted by Gasteiger charge is 2.20. The molecule has 3 rings (SSSR count). The summed E-state index contributed by atoms with van der Waals surface area (Å²) in [6.07, 6.45) is 0.932. The third-order valence-corrected chi connectivity index (χ3v) is 3.94. The van der Waals surface area contributed by atoms with E-state index < -0.39 is 0 Å². The molecule has 1 saturated heterocycles. The van der Waals surface area contributed by atoms with Crippen LogP contribution in [0.15, 0.2) is 40.9 Å². The van der Waals surface area contributed by atoms with Crippen molar-refractivity contribution < 1.29 is 23.6 Å². The zero-order chi connectivity index (χ0) is 17.5. The fourth-order valence-corrected chi connectivity index (χ4v) is 2.49. The minimum atomic E-state index is -0.361. The number of carbonyl (C=O) groups is 2. The number of carbonyl (C=O) groups excluding carboxylic acids is 2. The van der Waals surface area contributed by atoms with E-state index >= 15 is 0 Å². The van der Waals surface area contributed by atoms with E-state index in [1.54, 1.807) is 0 Å². The first kappa shape index (κ1) is 17.3. The number of ketones is 1. The van der Waals surface area contributed by atoms with Gasteiger partial charge in [-0.05, 0) is 12.0 Å². The summed E-state index contributed by atoms with van der Waals surface area (Å²) in [6.45, 7) is 2.10. The Morgan fingerprint density at radius 3 is 2.88 bits per heavy atom. The van der Waals surface area contributed by atoms with Gasteiger partial charge in [0.05, 0.1) is 13.2 Å². The molecule has 1 aliphatic heterocycles. The SMILES string of the molecule is O=C(NCC1CCOC1)c1cc(C(=O)COCc2ccccc2)on1. The Morgan fingerprint density at radius 2 is 2.12 bits per heavy atom. The number of benzene rings is 1. The van der Waals surface area contributed by atoms with Gasteiger partial charge >= 0.3 is 0 Å². The number of hydrogen-bond acceptors (Lipinski definition) is 6. The molecule has 7 heteroatoms. The third-order valence-electron chi connectivity index (χ3n) is 3.94. The highest BCUT2D eigenvalue weighted by molar-refractivity contribution is 5.98. The van der Waals surface area contributed by atoms with Crippen molar-refractivity contribution in [3.05, 3.63) is 53.4 Å². The van der Waals surface area contributed by atoms with Crippen LogP contribution in [0.3, 0.4) is 0 Å². The van der Waals surface area contributed by atoms with Gasteiger partial charge in [-0.1, -0.05) is 35.5 Å². The van der Waals surface area contributed by atoms with Crippen molar-refractivity contribution in [2.24, 2.45) is 5.92 Å². The minimum Gasteiger partial charge on any atom is -0.381 e. The standard InChI is InChI=1S/C18H20N2O5/c21-16(12-24-10-13-4-2-1-3-5-13)17-8-15(20-25-17)18(22)19-9-14-6-7-23-11-14/h1-5,8,14H,6-7,9-12H2,(H,19,22). The lowest BCUT2D eigenvalue weighted by Gasteiger charge is -2.07. The molecular weight excluding hydrogens is 324 g/mol. The topological polar surface area (TPSA) is 90.7 Å². The molecule has 1 aromatic carbocycles. The molecule has 25 heavy (non-hydrogen) atoms. The van der Waals surface area contributed by atoms with E-state index in [1.165, 1.54) is 6.07 Å². The predicted molar refractivity (Wildman–Crippen MR) is 88.2 cm³/mol. The van der Waals surface area contributed by atoms with Gasteiger partial charge in [-0.3, -0.25) is 9.59 Å². The van der Waals surface area contributed by atoms with Gasteiger partial charge in [-0.2, -0.15) is 0 Å². The molecular formula is C18H20N2O5. The van der Waals surface area contributed by atoms with Crippen molar-refractivity contribution in [3.63, 3.8) is 0 Å². The molecule has 0 spiro atoms. The van der Waals surface area contributed by atoms with Gasteiger partial charge in [0.25, 0.3) is 5.91 Å². The number of ether oxygens (including phenoxy) is 2. The van der Waals surface area contributed by atoms with Crippen LogP contribution in [-0.4, -0.2) is 43.2 Å². The maximum absolute atomic E-state index is 12.0. The largest absolute Gasteiger partial charge is 0.381 e. The first-order valence-corrected chi connectivity index (χ1v) is 8.20. The molecule has 0 saturated carbocycles. The molecule has 1 amide bonds. The van der Waals surface area contributed by atoms with Gasteiger partial charge in [0, 0.05) is 25.1 Å². The predicted octanol–water partition coefficient (Wildman–Crippen LogP) is 1.84. The molecule has 1 aliphatic rings. The van der Waals surface area contributed by atoms with Gasteiger partial charge in [0.2, 0.25) is 11.5 Å². The summed E-state index contributed by atoms with van der Waals surface area (Å²) < 4.78 is 15.6. The number of Topliss-reactive ketones (excluding diaryl/α,β-unsaturated/α-hetero) is 1. The molecule has 1 N–H and O–H groups in total. The van der Waals surface area contributed by atoms with Crippen molar-refractivity contribution in [1.29, 1.82) is 0 Å². The summed E-state index contributed by atoms with van der Waals surface area (Å²) in [6, 6.07) is 10.9. The molecule has 7 nitrogen and oxygen atoms in total. The lowest BCUT2D eigenvalue weighted by atomic mass is 10.1. The minimum absolute atomic E-state index is 0.0161. The molecule has 0 aliphatic carbocycles. The molecule has 1 atom stereocenters. The molecule has 2 heterocycles. The first-order valence-electron chi connectivity index (χ1n) is 8.20. The number of nitrogens with zero attached hydrogens (tertiary/aromatic N) is 1. The maximum atomic E-state index is 12.0. The van der Waals surface area contributed by atoms with Crippen LogP contribution in [0.2, 0.25) is 0 Å². The van der Waals surface area contributed by atoms with Crippen LogP contribution < -0.4 is 5.32 Å². The Labute approximate surface area is 145 Å². The average molecular weight is 344 g/mol. The number of amides is 1. The first-order chi connectivity index (χ1) is 12.2. The van der Waals surface area contributed by atoms with E-state index in [4.69, 9.17) is 14.0 Å². The van der Waals surface area contributed by atoms with Crippen LogP contribution in [0.1, 0.15) is 33.0 Å². The van der Waals surface area contributed by atoms with E-state index in [0.717, 1.165) is 18.6 Å². The molecule has 0 radical (unpaired) electrons. The monoisotopic (exact) mass is 344 g/mol. The number of nitrogens with one attached hydrogen (secondary N) is 1. The Morgan fingerprint density at radius 1 is 1.28 bits per heavy atom. The molecule has 1 aromatic heterocycles. The third kappa shape index (κ3) is 4.98. The van der Waals surface area contributed by atoms with Crippen LogP contribution in [-0.2, 0) is 16.1 Å². The smallest absolute Gasteiger partial charge is 0.273 e. The van der Waals surface area contributed by atoms with Crippen LogP contribution in [0.4, 0.5) is 0 Å². The summed E-state index contributed by atoms with van der Waals surface area (Å²) in [5.74, 6) is -0.377. The van der Waals surface area contributed by atoms with E-state index in [0.29, 0.717) is 25.7 Å². The summed E-state index contributed by atoms with van der Waals surface area (Å²) in [4.78, 5) is 24.1. The summed E-state index contributed by atoms with van der Waals surface area (Å²) in [5.41, 5.74) is 1.06. The van der Waals surface area contributed by atoms with Crippen LogP contribution in [0.25, 0.3) is 0 Å². The fourth-order valence-electron chi connectivity index (χ4n) is 2.49. The van der Waals surface area contributed by atoms with Crippen molar-refractivity contribution in [2.75, 3.05) is 26.4 Å². The fraction of sp³-hybridized carbons (Fsp3) is 0.389. The van der Waals surface area contributed by atoms with Crippen molar-refractivity contribution in [1.82, 2.24) is 10.5 Å². The Balaban J connectivity index is 1.44. The average Bonchev–Trinajstić information content (AvgIpc) is 3.32. The van der Waals surface area contributed by atoms with Crippen LogP contribution in [0.5, 0.6) is 0 Å². The number of rotatable bonds is 8. The maximum Gasteiger partial charge on any atom is 0.273 e. The van der Waals surface area contributed by atoms with Crippen molar-refractivity contribution in [3.8, 4) is 0 Å². The van der Waals surface area contributed by atoms with Gasteiger partial charge in [0.15, 0.2) is 5.69 Å². The highest BCUT2D eigenvalue weighted by Crippen LogP contribution is 2.11. The quantitative estimate of drug-likeness (QED) is 0.735. The molecule has 0 bridgehead atoms. The van der Waals surface area contributed by atoms with Gasteiger partial charge in [0.1, 0.15) is 6.61 Å². The molecule has 1 fully saturated rings. The summed E-state index contributed by atoms with van der Waals surface area (Å²) in [5, 5.41) is 6.43. The second kappa shape index (κ2) is 8.55. The number of hydrogen-bond donors (Lipinski definition) is 1. The van der Waals surface area contributed by atoms with Crippen LogP contribution >= 0.6 is 0 Å². The van der Waals surface area contributed by atoms with E-state index in [2.05, 4.69) is 10.5 Å². The summed E-state index contributed by atoms with van der Waals surface area (Å²) in [7, 11) is 0. The molecule has 2 aromatic rings. The van der Waals surface area contributed by atoms with Crippen molar-refractivity contribution >= 4 is 11.7 Å². The molecule has 132 valence electrons. The van der Waals surface area contributed by atoms with Crippen molar-refractivity contribution in [2.45, 2.75) is 13.0 Å². The van der Waals surface area contributed by atoms with Gasteiger partial charge in [-0.15, -0.1) is 0 Å². The Kier molecular flexibility index (Phi) is 5.92. The lowest BCUT2D eigenvalue weighted by molar-refractivity contribution is 0.0691. The lowest BCUT2D eigenvalue weighted by Crippen LogP contribution is -2.29. The van der Waals surface area contributed by atoms with Gasteiger partial charge < -0.3 is 19.3 Å². The summed E-state index contributed by atoms with van der Waals surface area (Å²) >= 11 is 0.